The minimum atomic E-state index is -0.0598. The number of imidazole rings is 1. The Morgan fingerprint density at radius 1 is 0.667 bits per heavy atom. The molecule has 5 nitrogen and oxygen atoms in total. The van der Waals surface area contributed by atoms with Crippen molar-refractivity contribution in [2.24, 2.45) is 5.41 Å². The molecule has 9 rings (SSSR count). The maximum absolute atomic E-state index is 6.60. The molecule has 8 aromatic rings. The number of para-hydroxylation sites is 2. The molecular weight excluding hydrogens is 880 g/mol. The summed E-state index contributed by atoms with van der Waals surface area (Å²) in [5, 5.41) is 0. The second-order valence-corrected chi connectivity index (χ2v) is 17.6. The van der Waals surface area contributed by atoms with Crippen molar-refractivity contribution in [3.63, 3.8) is 0 Å². The third kappa shape index (κ3) is 7.11. The number of nitrogens with zero attached hydrogens (tertiary/aromatic N) is 4. The fourth-order valence-electron chi connectivity index (χ4n) is 8.01. The van der Waals surface area contributed by atoms with Crippen molar-refractivity contribution in [1.82, 2.24) is 14.1 Å². The number of fused-ring (bicyclic) bond motifs is 2. The normalized spacial score (nSPS) is 13.8. The quantitative estimate of drug-likeness (QED) is 0.149. The molecule has 0 bridgehead atoms. The van der Waals surface area contributed by atoms with Gasteiger partial charge in [-0.15, -0.1) is 0 Å². The van der Waals surface area contributed by atoms with E-state index in [-0.39, 0.29) is 10.8 Å². The molecule has 57 heavy (non-hydrogen) atoms. The maximum atomic E-state index is 6.60. The predicted octanol–water partition coefficient (Wildman–Crippen LogP) is 12.6. The van der Waals surface area contributed by atoms with Gasteiger partial charge in [0.1, 0.15) is 0 Å². The number of hydrogen-bond acceptors (Lipinski definition) is 3. The molecule has 3 heterocycles. The van der Waals surface area contributed by atoms with E-state index in [2.05, 4.69) is 195 Å². The van der Waals surface area contributed by atoms with Gasteiger partial charge in [-0.25, -0.2) is 0 Å². The minimum absolute atomic E-state index is 0.0598. The van der Waals surface area contributed by atoms with Gasteiger partial charge in [0.15, 0.2) is 0 Å². The average Bonchev–Trinajstić information content (AvgIpc) is 3.51. The molecule has 2 aromatic heterocycles. The Morgan fingerprint density at radius 3 is 1.91 bits per heavy atom. The standard InChI is InChI=1S/C51H44N4O.Pt/c1-50(2,3)39-29-43(36-17-8-6-9-18-36)49(44(30-39)37-19-10-7-11-20-37)55-35-54(45-23-12-13-24-46(45)55)40-21-16-22-41(31-40)56-42-27-26-38-33-51(4,5)34-53(47(38)32-42)48-25-14-15-28-52-48;/h6-30H,33-34H2,1-5H3;/q-2;. The number of rotatable bonds is 7. The van der Waals surface area contributed by atoms with Crippen LogP contribution in [0.3, 0.4) is 0 Å². The number of hydrogen-bond donors (Lipinski definition) is 0. The van der Waals surface area contributed by atoms with Gasteiger partial charge in [0, 0.05) is 6.20 Å². The Balaban J connectivity index is 1.19. The number of aromatic nitrogens is 3. The molecule has 0 radical (unpaired) electrons. The van der Waals surface area contributed by atoms with Crippen molar-refractivity contribution in [1.29, 1.82) is 0 Å². The second-order valence-electron chi connectivity index (χ2n) is 16.6. The van der Waals surface area contributed by atoms with Gasteiger partial charge in [0.2, 0.25) is 0 Å². The van der Waals surface area contributed by atoms with Crippen LogP contribution in [0.4, 0.5) is 11.5 Å². The van der Waals surface area contributed by atoms with Gasteiger partial charge in [0.25, 0.3) is 0 Å². The predicted molar refractivity (Wildman–Crippen MR) is 228 cm³/mol. The van der Waals surface area contributed by atoms with Gasteiger partial charge < -0.3 is 0 Å². The summed E-state index contributed by atoms with van der Waals surface area (Å²) in [7, 11) is 0. The summed E-state index contributed by atoms with van der Waals surface area (Å²) in [6.07, 6.45) is 2.81. The fraction of sp³-hybridized carbons (Fsp3) is 0.176. The summed E-state index contributed by atoms with van der Waals surface area (Å²) in [4.78, 5) is 6.96. The molecule has 0 spiro atoms. The fourth-order valence-corrected chi connectivity index (χ4v) is 9.08. The molecule has 0 saturated heterocycles. The van der Waals surface area contributed by atoms with Crippen molar-refractivity contribution in [3.05, 3.63) is 179 Å². The summed E-state index contributed by atoms with van der Waals surface area (Å²) < 4.78 is 12.3. The van der Waals surface area contributed by atoms with Crippen molar-refractivity contribution in [2.45, 2.75) is 46.5 Å². The molecule has 0 N–H and O–H groups in total. The van der Waals surface area contributed by atoms with Crippen LogP contribution in [0, 0.1) is 21.4 Å². The molecule has 0 aliphatic carbocycles. The molecule has 286 valence electrons. The van der Waals surface area contributed by atoms with E-state index in [1.54, 1.807) is 0 Å². The van der Waals surface area contributed by atoms with Crippen molar-refractivity contribution >= 4 is 22.5 Å². The number of pyridine rings is 1. The second kappa shape index (κ2) is 14.6. The Morgan fingerprint density at radius 2 is 1.28 bits per heavy atom. The zero-order valence-corrected chi connectivity index (χ0v) is 35.1. The molecule has 6 heteroatoms. The molecule has 0 atom stereocenters. The van der Waals surface area contributed by atoms with Gasteiger partial charge in [-0.2, -0.15) is 0 Å². The van der Waals surface area contributed by atoms with Gasteiger partial charge in [0.05, 0.1) is 0 Å². The first-order chi connectivity index (χ1) is 27.5. The first kappa shape index (κ1) is 36.8. The topological polar surface area (TPSA) is 35.2 Å². The first-order valence-corrected chi connectivity index (χ1v) is 20.6. The van der Waals surface area contributed by atoms with Crippen LogP contribution >= 0.6 is 0 Å². The summed E-state index contributed by atoms with van der Waals surface area (Å²) in [5.41, 5.74) is 12.5. The van der Waals surface area contributed by atoms with Crippen LogP contribution in [0.5, 0.6) is 11.5 Å². The van der Waals surface area contributed by atoms with Crippen LogP contribution < -0.4 is 9.64 Å². The van der Waals surface area contributed by atoms with Gasteiger partial charge in [-0.05, 0) is 6.07 Å². The number of anilines is 2. The van der Waals surface area contributed by atoms with Crippen LogP contribution in [0.1, 0.15) is 45.7 Å². The average molecular weight is 924 g/mol. The zero-order valence-electron chi connectivity index (χ0n) is 32.9. The van der Waals surface area contributed by atoms with Crippen LogP contribution in [0.2, 0.25) is 0 Å². The van der Waals surface area contributed by atoms with Crippen LogP contribution in [-0.2, 0) is 31.2 Å². The Hall–Kier alpha value is -5.77. The molecule has 0 unspecified atom stereocenters. The summed E-state index contributed by atoms with van der Waals surface area (Å²) in [6, 6.07) is 58.6. The van der Waals surface area contributed by atoms with Gasteiger partial charge in [-0.1, -0.05) is 19.9 Å². The van der Waals surface area contributed by atoms with Gasteiger partial charge >= 0.3 is 316 Å². The van der Waals surface area contributed by atoms with E-state index < -0.39 is 0 Å². The third-order valence-electron chi connectivity index (χ3n) is 10.7. The van der Waals surface area contributed by atoms with E-state index in [0.717, 1.165) is 50.7 Å². The summed E-state index contributed by atoms with van der Waals surface area (Å²) in [5.74, 6) is 2.17. The van der Waals surface area contributed by atoms with E-state index in [9.17, 15) is 0 Å². The van der Waals surface area contributed by atoms with Crippen molar-refractivity contribution < 1.29 is 24.1 Å². The van der Waals surface area contributed by atoms with Crippen LogP contribution in [-0.4, -0.2) is 20.7 Å². The van der Waals surface area contributed by atoms with Gasteiger partial charge in [-0.3, -0.25) is 0 Å². The van der Waals surface area contributed by atoms with E-state index in [4.69, 9.17) is 9.72 Å². The van der Waals surface area contributed by atoms with E-state index in [1.165, 1.54) is 33.4 Å². The Bertz CT molecular complexity index is 2740. The SMILES string of the molecule is CC1(C)Cc2ccc(Oc3[c-]c(-n4[c](=[Pt])n(-c5c(-c6ccccc6)cc(C(C)(C)C)cc5-c5ccccc5)c5ccccc54)ccc3)[c-]c2N(c2ccccn2)C1. The monoisotopic (exact) mass is 923 g/mol. The molecule has 0 fully saturated rings. The number of benzene rings is 6. The Kier molecular flexibility index (Phi) is 9.45. The third-order valence-corrected chi connectivity index (χ3v) is 11.7. The molecule has 1 aliphatic heterocycles. The van der Waals surface area contributed by atoms with Crippen molar-refractivity contribution in [3.8, 4) is 45.1 Å². The molecule has 0 saturated carbocycles. The number of ether oxygens (including phenoxy) is 1. The summed E-state index contributed by atoms with van der Waals surface area (Å²) >= 11 is 2.49. The first-order valence-electron chi connectivity index (χ1n) is 19.5. The van der Waals surface area contributed by atoms with E-state index >= 15 is 0 Å². The molecular formula is C51H44N4OPt-2. The van der Waals surface area contributed by atoms with Crippen LogP contribution in [0.15, 0.2) is 152 Å². The van der Waals surface area contributed by atoms with Crippen molar-refractivity contribution in [2.75, 3.05) is 11.4 Å². The zero-order chi connectivity index (χ0) is 39.3. The molecule has 6 aromatic carbocycles. The summed E-state index contributed by atoms with van der Waals surface area (Å²) in [6.45, 7) is 12.3. The molecule has 0 amide bonds. The Labute approximate surface area is 346 Å². The van der Waals surface area contributed by atoms with E-state index in [0.29, 0.717) is 11.5 Å². The van der Waals surface area contributed by atoms with Crippen LogP contribution in [0.25, 0.3) is 44.7 Å². The molecule has 1 aliphatic rings. The van der Waals surface area contributed by atoms with E-state index in [1.807, 2.05) is 36.5 Å².